The van der Waals surface area contributed by atoms with Crippen LogP contribution in [0, 0.1) is 0 Å². The normalized spacial score (nSPS) is 12.3. The molecule has 2 rings (SSSR count). The first-order valence-electron chi connectivity index (χ1n) is 6.19. The van der Waals surface area contributed by atoms with Crippen LogP contribution >= 0.6 is 95.6 Å². The van der Waals surface area contributed by atoms with Crippen LogP contribution in [-0.2, 0) is 0 Å². The first-order chi connectivity index (χ1) is 10.4. The second-order valence-electron chi connectivity index (χ2n) is 4.49. The standard InChI is InChI=1S/C15H10Br6O/c16-6-12(20)7-22-15-13(4-11(19)5-14(15)21)8-1-9(17)3-10(18)2-8/h1-5,12H,6-7H2. The van der Waals surface area contributed by atoms with E-state index in [2.05, 4.69) is 114 Å². The predicted octanol–water partition coefficient (Wildman–Crippen LogP) is 7.94. The summed E-state index contributed by atoms with van der Waals surface area (Å²) >= 11 is 21.2. The summed E-state index contributed by atoms with van der Waals surface area (Å²) in [5.74, 6) is 0.832. The van der Waals surface area contributed by atoms with Gasteiger partial charge in [-0.1, -0.05) is 79.6 Å². The fourth-order valence-corrected chi connectivity index (χ4v) is 4.80. The van der Waals surface area contributed by atoms with Crippen molar-refractivity contribution in [1.29, 1.82) is 0 Å². The zero-order valence-electron chi connectivity index (χ0n) is 11.1. The third-order valence-corrected chi connectivity index (χ3v) is 6.96. The molecule has 0 aliphatic heterocycles. The Hall–Kier alpha value is 1.12. The molecule has 0 aliphatic rings. The molecular formula is C15H10Br6O. The highest BCUT2D eigenvalue weighted by atomic mass is 79.9. The van der Waals surface area contributed by atoms with Crippen LogP contribution in [0.2, 0.25) is 0 Å². The predicted molar refractivity (Wildman–Crippen MR) is 115 cm³/mol. The van der Waals surface area contributed by atoms with Gasteiger partial charge in [0.15, 0.2) is 0 Å². The van der Waals surface area contributed by atoms with E-state index in [1.165, 1.54) is 0 Å². The minimum absolute atomic E-state index is 0.255. The van der Waals surface area contributed by atoms with Crippen molar-refractivity contribution in [3.05, 3.63) is 48.2 Å². The molecule has 7 heteroatoms. The van der Waals surface area contributed by atoms with Gasteiger partial charge in [0.1, 0.15) is 12.4 Å². The van der Waals surface area contributed by atoms with Gasteiger partial charge >= 0.3 is 0 Å². The third-order valence-electron chi connectivity index (χ3n) is 2.76. The quantitative estimate of drug-likeness (QED) is 0.291. The minimum Gasteiger partial charge on any atom is -0.491 e. The number of halogens is 6. The van der Waals surface area contributed by atoms with E-state index in [9.17, 15) is 0 Å². The Kier molecular flexibility index (Phi) is 7.95. The Balaban J connectivity index is 2.48. The molecule has 2 aromatic rings. The Morgan fingerprint density at radius 3 is 2.05 bits per heavy atom. The van der Waals surface area contributed by atoms with Crippen LogP contribution in [0.3, 0.4) is 0 Å². The van der Waals surface area contributed by atoms with Gasteiger partial charge in [-0.2, -0.15) is 0 Å². The van der Waals surface area contributed by atoms with Crippen LogP contribution in [0.15, 0.2) is 48.2 Å². The summed E-state index contributed by atoms with van der Waals surface area (Å²) in [6.45, 7) is 0.577. The third kappa shape index (κ3) is 5.31. The van der Waals surface area contributed by atoms with Gasteiger partial charge in [0.2, 0.25) is 0 Å². The average Bonchev–Trinajstić information content (AvgIpc) is 2.44. The fraction of sp³-hybridized carbons (Fsp3) is 0.200. The zero-order chi connectivity index (χ0) is 16.3. The van der Waals surface area contributed by atoms with Gasteiger partial charge < -0.3 is 4.74 Å². The van der Waals surface area contributed by atoms with Crippen molar-refractivity contribution in [2.75, 3.05) is 11.9 Å². The molecule has 0 saturated carbocycles. The van der Waals surface area contributed by atoms with E-state index in [1.807, 2.05) is 12.1 Å². The highest BCUT2D eigenvalue weighted by Gasteiger charge is 2.15. The summed E-state index contributed by atoms with van der Waals surface area (Å²) in [4.78, 5) is 0.255. The van der Waals surface area contributed by atoms with E-state index in [-0.39, 0.29) is 4.83 Å². The lowest BCUT2D eigenvalue weighted by molar-refractivity contribution is 0.325. The minimum atomic E-state index is 0.255. The highest BCUT2D eigenvalue weighted by Crippen LogP contribution is 2.41. The maximum atomic E-state index is 6.03. The van der Waals surface area contributed by atoms with Crippen molar-refractivity contribution < 1.29 is 4.74 Å². The van der Waals surface area contributed by atoms with Crippen LogP contribution < -0.4 is 4.74 Å². The van der Waals surface area contributed by atoms with Crippen molar-refractivity contribution >= 4 is 95.6 Å². The molecule has 118 valence electrons. The lowest BCUT2D eigenvalue weighted by Gasteiger charge is -2.16. The molecule has 0 amide bonds. The zero-order valence-corrected chi connectivity index (χ0v) is 20.6. The monoisotopic (exact) mass is 680 g/mol. The molecule has 2 aromatic carbocycles. The Labute approximate surface area is 180 Å². The summed E-state index contributed by atoms with van der Waals surface area (Å²) < 4.78 is 9.97. The lowest BCUT2D eigenvalue weighted by Crippen LogP contribution is -2.13. The summed E-state index contributed by atoms with van der Waals surface area (Å²) in [5, 5.41) is 0.832. The molecule has 0 N–H and O–H groups in total. The Bertz CT molecular complexity index is 653. The second kappa shape index (κ2) is 8.99. The topological polar surface area (TPSA) is 9.23 Å². The maximum absolute atomic E-state index is 6.03. The van der Waals surface area contributed by atoms with Crippen molar-refractivity contribution in [2.24, 2.45) is 0 Å². The smallest absolute Gasteiger partial charge is 0.141 e. The van der Waals surface area contributed by atoms with E-state index >= 15 is 0 Å². The molecule has 0 heterocycles. The van der Waals surface area contributed by atoms with Crippen molar-refractivity contribution in [2.45, 2.75) is 4.83 Å². The number of hydrogen-bond acceptors (Lipinski definition) is 1. The number of ether oxygens (including phenoxy) is 1. The van der Waals surface area contributed by atoms with Crippen molar-refractivity contribution in [3.8, 4) is 16.9 Å². The number of rotatable bonds is 5. The molecule has 1 unspecified atom stereocenters. The molecule has 0 radical (unpaired) electrons. The number of hydrogen-bond donors (Lipinski definition) is 0. The van der Waals surface area contributed by atoms with E-state index < -0.39 is 0 Å². The van der Waals surface area contributed by atoms with Crippen molar-refractivity contribution in [1.82, 2.24) is 0 Å². The molecule has 1 nitrogen and oxygen atoms in total. The highest BCUT2D eigenvalue weighted by molar-refractivity contribution is 9.12. The molecule has 0 aliphatic carbocycles. The van der Waals surface area contributed by atoms with Crippen LogP contribution in [0.4, 0.5) is 0 Å². The summed E-state index contributed by atoms with van der Waals surface area (Å²) in [7, 11) is 0. The number of benzene rings is 2. The Morgan fingerprint density at radius 1 is 0.864 bits per heavy atom. The second-order valence-corrected chi connectivity index (χ2v) is 10.0. The SMILES string of the molecule is BrCC(Br)COc1c(Br)cc(Br)cc1-c1cc(Br)cc(Br)c1. The molecule has 22 heavy (non-hydrogen) atoms. The number of alkyl halides is 2. The van der Waals surface area contributed by atoms with Crippen LogP contribution in [-0.4, -0.2) is 16.8 Å². The van der Waals surface area contributed by atoms with Crippen LogP contribution in [0.1, 0.15) is 0 Å². The summed E-state index contributed by atoms with van der Waals surface area (Å²) in [6.07, 6.45) is 0. The van der Waals surface area contributed by atoms with Crippen molar-refractivity contribution in [3.63, 3.8) is 0 Å². The largest absolute Gasteiger partial charge is 0.491 e. The molecule has 0 spiro atoms. The van der Waals surface area contributed by atoms with E-state index in [1.54, 1.807) is 0 Å². The van der Waals surface area contributed by atoms with Gasteiger partial charge in [-0.15, -0.1) is 0 Å². The van der Waals surface area contributed by atoms with E-state index in [0.717, 1.165) is 40.1 Å². The maximum Gasteiger partial charge on any atom is 0.141 e. The van der Waals surface area contributed by atoms with Crippen LogP contribution in [0.25, 0.3) is 11.1 Å². The van der Waals surface area contributed by atoms with Gasteiger partial charge in [0, 0.05) is 24.3 Å². The van der Waals surface area contributed by atoms with Gasteiger partial charge in [-0.25, -0.2) is 0 Å². The van der Waals surface area contributed by atoms with Gasteiger partial charge in [-0.3, -0.25) is 0 Å². The van der Waals surface area contributed by atoms with Gasteiger partial charge in [0.25, 0.3) is 0 Å². The summed E-state index contributed by atoms with van der Waals surface area (Å²) in [6, 6.07) is 10.2. The van der Waals surface area contributed by atoms with Gasteiger partial charge in [0.05, 0.1) is 9.30 Å². The van der Waals surface area contributed by atoms with Gasteiger partial charge in [-0.05, 0) is 51.8 Å². The summed E-state index contributed by atoms with van der Waals surface area (Å²) in [5.41, 5.74) is 2.10. The van der Waals surface area contributed by atoms with Crippen LogP contribution in [0.5, 0.6) is 5.75 Å². The molecule has 1 atom stereocenters. The first-order valence-corrected chi connectivity index (χ1v) is 11.4. The van der Waals surface area contributed by atoms with E-state index in [4.69, 9.17) is 4.74 Å². The molecule has 0 saturated heterocycles. The van der Waals surface area contributed by atoms with E-state index in [0.29, 0.717) is 6.61 Å². The molecule has 0 bridgehead atoms. The Morgan fingerprint density at radius 2 is 1.45 bits per heavy atom. The lowest BCUT2D eigenvalue weighted by atomic mass is 10.0. The molecular weight excluding hydrogens is 676 g/mol. The first kappa shape index (κ1) is 19.4. The molecule has 0 aromatic heterocycles. The molecule has 0 fully saturated rings. The average molecular weight is 686 g/mol. The fourth-order valence-electron chi connectivity index (χ4n) is 1.85.